The molecule has 1 saturated carbocycles. The SMILES string of the molecule is CC(C)(C)c1nc2c(N)nccc2n1C1CC1. The Morgan fingerprint density at radius 3 is 2.65 bits per heavy atom. The van der Waals surface area contributed by atoms with Gasteiger partial charge in [0.25, 0.3) is 0 Å². The first kappa shape index (κ1) is 10.6. The number of nitrogens with two attached hydrogens (primary N) is 1. The average Bonchev–Trinajstić information content (AvgIpc) is 2.98. The number of hydrogen-bond acceptors (Lipinski definition) is 3. The molecule has 0 spiro atoms. The van der Waals surface area contributed by atoms with Gasteiger partial charge in [-0.15, -0.1) is 0 Å². The van der Waals surface area contributed by atoms with E-state index in [1.54, 1.807) is 6.20 Å². The Hall–Kier alpha value is -1.58. The zero-order chi connectivity index (χ0) is 12.2. The first-order valence-electron chi connectivity index (χ1n) is 6.11. The molecule has 1 aliphatic carbocycles. The highest BCUT2D eigenvalue weighted by molar-refractivity contribution is 5.85. The van der Waals surface area contributed by atoms with Gasteiger partial charge in [0.2, 0.25) is 0 Å². The number of aromatic nitrogens is 3. The fourth-order valence-electron chi connectivity index (χ4n) is 2.27. The van der Waals surface area contributed by atoms with Crippen molar-refractivity contribution in [1.82, 2.24) is 14.5 Å². The van der Waals surface area contributed by atoms with Gasteiger partial charge in [-0.1, -0.05) is 20.8 Å². The zero-order valence-electron chi connectivity index (χ0n) is 10.6. The maximum absolute atomic E-state index is 5.92. The molecule has 0 saturated heterocycles. The lowest BCUT2D eigenvalue weighted by Crippen LogP contribution is -2.18. The van der Waals surface area contributed by atoms with E-state index in [9.17, 15) is 0 Å². The zero-order valence-corrected chi connectivity index (χ0v) is 10.6. The number of imidazole rings is 1. The average molecular weight is 230 g/mol. The van der Waals surface area contributed by atoms with Crippen LogP contribution in [0.1, 0.15) is 45.5 Å². The molecule has 3 rings (SSSR count). The smallest absolute Gasteiger partial charge is 0.151 e. The summed E-state index contributed by atoms with van der Waals surface area (Å²) in [6, 6.07) is 2.63. The van der Waals surface area contributed by atoms with Crippen LogP contribution in [0.25, 0.3) is 11.0 Å². The Balaban J connectivity index is 2.34. The van der Waals surface area contributed by atoms with Crippen LogP contribution in [0.2, 0.25) is 0 Å². The number of nitrogen functional groups attached to an aromatic ring is 1. The lowest BCUT2D eigenvalue weighted by molar-refractivity contribution is 0.507. The van der Waals surface area contributed by atoms with Crippen molar-refractivity contribution in [3.63, 3.8) is 0 Å². The number of hydrogen-bond donors (Lipinski definition) is 1. The van der Waals surface area contributed by atoms with E-state index in [0.29, 0.717) is 11.9 Å². The second-order valence-corrected chi connectivity index (χ2v) is 5.85. The van der Waals surface area contributed by atoms with E-state index in [2.05, 4.69) is 30.3 Å². The fourth-order valence-corrected chi connectivity index (χ4v) is 2.27. The lowest BCUT2D eigenvalue weighted by atomic mass is 9.95. The molecular weight excluding hydrogens is 212 g/mol. The van der Waals surface area contributed by atoms with Gasteiger partial charge in [-0.05, 0) is 18.9 Å². The second kappa shape index (κ2) is 3.22. The minimum atomic E-state index is 0.0358. The number of anilines is 1. The molecule has 0 aromatic carbocycles. The number of nitrogens with zero attached hydrogens (tertiary/aromatic N) is 3. The summed E-state index contributed by atoms with van der Waals surface area (Å²) in [5.74, 6) is 1.65. The van der Waals surface area contributed by atoms with Crippen molar-refractivity contribution in [2.24, 2.45) is 0 Å². The summed E-state index contributed by atoms with van der Waals surface area (Å²) in [6.45, 7) is 6.57. The van der Waals surface area contributed by atoms with Gasteiger partial charge >= 0.3 is 0 Å². The van der Waals surface area contributed by atoms with Crippen LogP contribution < -0.4 is 5.73 Å². The van der Waals surface area contributed by atoms with Crippen molar-refractivity contribution in [1.29, 1.82) is 0 Å². The lowest BCUT2D eigenvalue weighted by Gasteiger charge is -2.19. The van der Waals surface area contributed by atoms with E-state index in [-0.39, 0.29) is 5.41 Å². The predicted molar refractivity (Wildman–Crippen MR) is 68.9 cm³/mol. The topological polar surface area (TPSA) is 56.7 Å². The monoisotopic (exact) mass is 230 g/mol. The molecule has 90 valence electrons. The van der Waals surface area contributed by atoms with Crippen molar-refractivity contribution in [3.05, 3.63) is 18.1 Å². The van der Waals surface area contributed by atoms with Crippen molar-refractivity contribution < 1.29 is 0 Å². The third-order valence-corrected chi connectivity index (χ3v) is 3.22. The maximum atomic E-state index is 5.92. The van der Waals surface area contributed by atoms with Gasteiger partial charge < -0.3 is 10.3 Å². The highest BCUT2D eigenvalue weighted by Crippen LogP contribution is 2.41. The summed E-state index contributed by atoms with van der Waals surface area (Å²) >= 11 is 0. The van der Waals surface area contributed by atoms with Crippen molar-refractivity contribution in [3.8, 4) is 0 Å². The second-order valence-electron chi connectivity index (χ2n) is 5.85. The molecule has 2 heterocycles. The number of fused-ring (bicyclic) bond motifs is 1. The summed E-state index contributed by atoms with van der Waals surface area (Å²) in [6.07, 6.45) is 4.26. The molecule has 17 heavy (non-hydrogen) atoms. The predicted octanol–water partition coefficient (Wildman–Crippen LogP) is 2.65. The maximum Gasteiger partial charge on any atom is 0.151 e. The fraction of sp³-hybridized carbons (Fsp3) is 0.538. The van der Waals surface area contributed by atoms with E-state index < -0.39 is 0 Å². The summed E-state index contributed by atoms with van der Waals surface area (Å²) in [4.78, 5) is 8.85. The summed E-state index contributed by atoms with van der Waals surface area (Å²) in [7, 11) is 0. The Labute approximate surface area is 101 Å². The molecule has 4 heteroatoms. The van der Waals surface area contributed by atoms with Crippen LogP contribution in [-0.4, -0.2) is 14.5 Å². The van der Waals surface area contributed by atoms with Crippen LogP contribution in [0.4, 0.5) is 5.82 Å². The minimum Gasteiger partial charge on any atom is -0.382 e. The van der Waals surface area contributed by atoms with Crippen LogP contribution in [-0.2, 0) is 5.41 Å². The highest BCUT2D eigenvalue weighted by Gasteiger charge is 2.32. The summed E-state index contributed by atoms with van der Waals surface area (Å²) < 4.78 is 2.35. The normalized spacial score (nSPS) is 16.6. The first-order valence-corrected chi connectivity index (χ1v) is 6.11. The molecule has 0 amide bonds. The van der Waals surface area contributed by atoms with Crippen molar-refractivity contribution >= 4 is 16.9 Å². The van der Waals surface area contributed by atoms with Crippen LogP contribution in [0.3, 0.4) is 0 Å². The molecule has 0 atom stereocenters. The van der Waals surface area contributed by atoms with Gasteiger partial charge in [-0.3, -0.25) is 0 Å². The highest BCUT2D eigenvalue weighted by atomic mass is 15.1. The van der Waals surface area contributed by atoms with E-state index in [1.807, 2.05) is 6.07 Å². The van der Waals surface area contributed by atoms with Crippen LogP contribution >= 0.6 is 0 Å². The van der Waals surface area contributed by atoms with Gasteiger partial charge in [0, 0.05) is 17.7 Å². The minimum absolute atomic E-state index is 0.0358. The van der Waals surface area contributed by atoms with E-state index in [0.717, 1.165) is 16.9 Å². The largest absolute Gasteiger partial charge is 0.382 e. The van der Waals surface area contributed by atoms with Crippen LogP contribution in [0.5, 0.6) is 0 Å². The van der Waals surface area contributed by atoms with Crippen LogP contribution in [0.15, 0.2) is 12.3 Å². The van der Waals surface area contributed by atoms with E-state index in [1.165, 1.54) is 12.8 Å². The quantitative estimate of drug-likeness (QED) is 0.819. The van der Waals surface area contributed by atoms with Gasteiger partial charge in [-0.2, -0.15) is 0 Å². The number of rotatable bonds is 1. The Kier molecular flexibility index (Phi) is 2.00. The molecule has 2 N–H and O–H groups in total. The Morgan fingerprint density at radius 2 is 2.06 bits per heavy atom. The molecule has 4 nitrogen and oxygen atoms in total. The van der Waals surface area contributed by atoms with Crippen molar-refractivity contribution in [2.75, 3.05) is 5.73 Å². The third kappa shape index (κ3) is 1.59. The van der Waals surface area contributed by atoms with Gasteiger partial charge in [0.15, 0.2) is 5.82 Å². The molecule has 0 aliphatic heterocycles. The Bertz CT molecular complexity index is 573. The molecular formula is C13H18N4. The summed E-state index contributed by atoms with van der Waals surface area (Å²) in [5.41, 5.74) is 7.93. The third-order valence-electron chi connectivity index (χ3n) is 3.22. The molecule has 2 aromatic rings. The summed E-state index contributed by atoms with van der Waals surface area (Å²) in [5, 5.41) is 0. The molecule has 1 fully saturated rings. The first-order chi connectivity index (χ1) is 7.98. The molecule has 0 radical (unpaired) electrons. The standard InChI is InChI=1S/C13H18N4/c1-13(2,3)12-16-10-9(6-7-15-11(10)14)17(12)8-4-5-8/h6-8H,4-5H2,1-3H3,(H2,14,15). The molecule has 0 bridgehead atoms. The molecule has 1 aliphatic rings. The number of pyridine rings is 1. The van der Waals surface area contributed by atoms with Gasteiger partial charge in [0.05, 0.1) is 5.52 Å². The van der Waals surface area contributed by atoms with E-state index in [4.69, 9.17) is 10.7 Å². The van der Waals surface area contributed by atoms with E-state index >= 15 is 0 Å². The van der Waals surface area contributed by atoms with Gasteiger partial charge in [-0.25, -0.2) is 9.97 Å². The Morgan fingerprint density at radius 1 is 1.35 bits per heavy atom. The van der Waals surface area contributed by atoms with Gasteiger partial charge in [0.1, 0.15) is 11.3 Å². The van der Waals surface area contributed by atoms with Crippen molar-refractivity contribution in [2.45, 2.75) is 45.1 Å². The molecule has 2 aromatic heterocycles. The van der Waals surface area contributed by atoms with Crippen LogP contribution in [0, 0.1) is 0 Å². The molecule has 0 unspecified atom stereocenters.